The van der Waals surface area contributed by atoms with Crippen molar-refractivity contribution in [3.05, 3.63) is 64.6 Å². The molecule has 1 aliphatic heterocycles. The molecular formula is C15H11BrN2OS. The van der Waals surface area contributed by atoms with Crippen LogP contribution in [0.3, 0.4) is 0 Å². The lowest BCUT2D eigenvalue weighted by molar-refractivity contribution is -0.118. The molecule has 5 heteroatoms. The van der Waals surface area contributed by atoms with Crippen LogP contribution in [0, 0.1) is 0 Å². The van der Waals surface area contributed by atoms with Gasteiger partial charge in [0.2, 0.25) is 0 Å². The van der Waals surface area contributed by atoms with E-state index in [0.29, 0.717) is 5.11 Å². The van der Waals surface area contributed by atoms with Crippen molar-refractivity contribution >= 4 is 44.9 Å². The Hall–Kier alpha value is -1.72. The lowest BCUT2D eigenvalue weighted by atomic mass is 10.1. The van der Waals surface area contributed by atoms with Gasteiger partial charge in [-0.1, -0.05) is 52.3 Å². The number of carbonyl (C=O) groups excluding carboxylic acids is 1. The maximum atomic E-state index is 12.6. The summed E-state index contributed by atoms with van der Waals surface area (Å²) >= 11 is 8.77. The molecule has 1 amide bonds. The Morgan fingerprint density at radius 3 is 2.40 bits per heavy atom. The van der Waals surface area contributed by atoms with Crippen LogP contribution in [0.2, 0.25) is 0 Å². The van der Waals surface area contributed by atoms with Crippen LogP contribution in [-0.2, 0) is 4.79 Å². The number of nitrogens with one attached hydrogen (secondary N) is 1. The monoisotopic (exact) mass is 346 g/mol. The Balaban J connectivity index is 1.98. The van der Waals surface area contributed by atoms with Gasteiger partial charge in [0.1, 0.15) is 6.04 Å². The van der Waals surface area contributed by atoms with Crippen LogP contribution in [0.1, 0.15) is 11.6 Å². The molecule has 0 spiro atoms. The molecule has 2 aromatic carbocycles. The first-order valence-electron chi connectivity index (χ1n) is 6.12. The summed E-state index contributed by atoms with van der Waals surface area (Å²) in [6.07, 6.45) is 0. The minimum atomic E-state index is -0.446. The molecule has 0 aliphatic carbocycles. The molecule has 1 atom stereocenters. The number of carbonyl (C=O) groups is 1. The molecule has 0 bridgehead atoms. The number of thiocarbonyl (C=S) groups is 1. The van der Waals surface area contributed by atoms with Crippen molar-refractivity contribution in [1.29, 1.82) is 0 Å². The average molecular weight is 347 g/mol. The van der Waals surface area contributed by atoms with E-state index in [2.05, 4.69) is 21.2 Å². The molecule has 0 radical (unpaired) electrons. The zero-order valence-electron chi connectivity index (χ0n) is 10.4. The predicted octanol–water partition coefficient (Wildman–Crippen LogP) is 3.41. The van der Waals surface area contributed by atoms with E-state index in [4.69, 9.17) is 12.2 Å². The standard InChI is InChI=1S/C15H11BrN2OS/c16-12-9-5-4-8-11(12)13-14(19)18(15(20)17-13)10-6-2-1-3-7-10/h1-9,13H,(H,17,20). The summed E-state index contributed by atoms with van der Waals surface area (Å²) in [5.41, 5.74) is 1.67. The summed E-state index contributed by atoms with van der Waals surface area (Å²) in [5, 5.41) is 3.52. The molecule has 1 aliphatic rings. The third kappa shape index (κ3) is 2.23. The molecule has 20 heavy (non-hydrogen) atoms. The number of rotatable bonds is 2. The first kappa shape index (κ1) is 13.3. The normalized spacial score (nSPS) is 18.2. The van der Waals surface area contributed by atoms with Crippen molar-refractivity contribution in [3.8, 4) is 0 Å². The fraction of sp³-hybridized carbons (Fsp3) is 0.0667. The van der Waals surface area contributed by atoms with Gasteiger partial charge in [0.15, 0.2) is 5.11 Å². The second-order valence-electron chi connectivity index (χ2n) is 4.41. The number of halogens is 1. The molecule has 3 rings (SSSR count). The number of benzene rings is 2. The molecule has 0 saturated carbocycles. The van der Waals surface area contributed by atoms with E-state index in [1.165, 1.54) is 0 Å². The molecule has 1 heterocycles. The molecular weight excluding hydrogens is 336 g/mol. The van der Waals surface area contributed by atoms with Crippen LogP contribution in [0.5, 0.6) is 0 Å². The Labute approximate surface area is 130 Å². The smallest absolute Gasteiger partial charge is 0.260 e. The number of amides is 1. The number of nitrogens with zero attached hydrogens (tertiary/aromatic N) is 1. The van der Waals surface area contributed by atoms with Gasteiger partial charge < -0.3 is 5.32 Å². The van der Waals surface area contributed by atoms with E-state index in [9.17, 15) is 4.79 Å². The largest absolute Gasteiger partial charge is 0.346 e. The molecule has 1 N–H and O–H groups in total. The highest BCUT2D eigenvalue weighted by molar-refractivity contribution is 9.10. The summed E-state index contributed by atoms with van der Waals surface area (Å²) in [4.78, 5) is 14.2. The highest BCUT2D eigenvalue weighted by Gasteiger charge is 2.38. The summed E-state index contributed by atoms with van der Waals surface area (Å²) in [5.74, 6) is -0.0619. The van der Waals surface area contributed by atoms with Gasteiger partial charge in [-0.15, -0.1) is 0 Å². The molecule has 1 saturated heterocycles. The van der Waals surface area contributed by atoms with Crippen molar-refractivity contribution in [2.24, 2.45) is 0 Å². The summed E-state index contributed by atoms with van der Waals surface area (Å²) in [7, 11) is 0. The van der Waals surface area contributed by atoms with Crippen molar-refractivity contribution in [2.75, 3.05) is 4.90 Å². The topological polar surface area (TPSA) is 32.3 Å². The van der Waals surface area contributed by atoms with E-state index in [0.717, 1.165) is 15.7 Å². The van der Waals surface area contributed by atoms with Gasteiger partial charge in [-0.2, -0.15) is 0 Å². The first-order valence-corrected chi connectivity index (χ1v) is 7.32. The predicted molar refractivity (Wildman–Crippen MR) is 86.5 cm³/mol. The second-order valence-corrected chi connectivity index (χ2v) is 5.65. The lowest BCUT2D eigenvalue weighted by Gasteiger charge is -2.14. The highest BCUT2D eigenvalue weighted by Crippen LogP contribution is 2.30. The zero-order valence-corrected chi connectivity index (χ0v) is 12.8. The number of anilines is 1. The molecule has 2 aromatic rings. The quantitative estimate of drug-likeness (QED) is 0.845. The van der Waals surface area contributed by atoms with E-state index in [1.807, 2.05) is 54.6 Å². The van der Waals surface area contributed by atoms with Crippen molar-refractivity contribution in [2.45, 2.75) is 6.04 Å². The average Bonchev–Trinajstić information content (AvgIpc) is 2.75. The van der Waals surface area contributed by atoms with Gasteiger partial charge in [0.25, 0.3) is 5.91 Å². The van der Waals surface area contributed by atoms with Crippen molar-refractivity contribution in [1.82, 2.24) is 5.32 Å². The molecule has 100 valence electrons. The lowest BCUT2D eigenvalue weighted by Crippen LogP contribution is -2.30. The van der Waals surface area contributed by atoms with Crippen LogP contribution >= 0.6 is 28.1 Å². The van der Waals surface area contributed by atoms with Gasteiger partial charge in [-0.3, -0.25) is 9.69 Å². The Morgan fingerprint density at radius 1 is 1.05 bits per heavy atom. The van der Waals surface area contributed by atoms with Crippen molar-refractivity contribution < 1.29 is 4.79 Å². The Kier molecular flexibility index (Phi) is 3.54. The van der Waals surface area contributed by atoms with Gasteiger partial charge in [0.05, 0.1) is 5.69 Å². The second kappa shape index (κ2) is 5.34. The highest BCUT2D eigenvalue weighted by atomic mass is 79.9. The van der Waals surface area contributed by atoms with Crippen LogP contribution in [0.15, 0.2) is 59.1 Å². The van der Waals surface area contributed by atoms with E-state index in [-0.39, 0.29) is 5.91 Å². The maximum absolute atomic E-state index is 12.6. The van der Waals surface area contributed by atoms with Gasteiger partial charge in [0, 0.05) is 4.47 Å². The third-order valence-electron chi connectivity index (χ3n) is 3.17. The number of para-hydroxylation sites is 1. The fourth-order valence-electron chi connectivity index (χ4n) is 2.22. The van der Waals surface area contributed by atoms with E-state index >= 15 is 0 Å². The SMILES string of the molecule is O=C1C(c2ccccc2Br)NC(=S)N1c1ccccc1. The van der Waals surface area contributed by atoms with Gasteiger partial charge in [-0.25, -0.2) is 0 Å². The molecule has 3 nitrogen and oxygen atoms in total. The van der Waals surface area contributed by atoms with Crippen LogP contribution in [0.25, 0.3) is 0 Å². The van der Waals surface area contributed by atoms with Gasteiger partial charge in [-0.05, 0) is 36.0 Å². The number of hydrogen-bond acceptors (Lipinski definition) is 2. The summed E-state index contributed by atoms with van der Waals surface area (Å²) in [6, 6.07) is 16.6. The third-order valence-corrected chi connectivity index (χ3v) is 4.19. The minimum Gasteiger partial charge on any atom is -0.346 e. The van der Waals surface area contributed by atoms with Crippen LogP contribution in [0.4, 0.5) is 5.69 Å². The summed E-state index contributed by atoms with van der Waals surface area (Å²) in [6.45, 7) is 0. The van der Waals surface area contributed by atoms with Crippen LogP contribution < -0.4 is 10.2 Å². The van der Waals surface area contributed by atoms with E-state index in [1.54, 1.807) is 4.90 Å². The van der Waals surface area contributed by atoms with E-state index < -0.39 is 6.04 Å². The minimum absolute atomic E-state index is 0.0619. The van der Waals surface area contributed by atoms with Crippen LogP contribution in [-0.4, -0.2) is 11.0 Å². The molecule has 1 fully saturated rings. The Bertz CT molecular complexity index is 675. The zero-order chi connectivity index (χ0) is 14.1. The number of hydrogen-bond donors (Lipinski definition) is 1. The molecule has 1 unspecified atom stereocenters. The summed E-state index contributed by atoms with van der Waals surface area (Å²) < 4.78 is 0.892. The molecule has 0 aromatic heterocycles. The maximum Gasteiger partial charge on any atom is 0.260 e. The first-order chi connectivity index (χ1) is 9.68. The Morgan fingerprint density at radius 2 is 1.70 bits per heavy atom. The van der Waals surface area contributed by atoms with Gasteiger partial charge >= 0.3 is 0 Å². The van der Waals surface area contributed by atoms with Crippen molar-refractivity contribution in [3.63, 3.8) is 0 Å². The fourth-order valence-corrected chi connectivity index (χ4v) is 3.05.